The smallest absolute Gasteiger partial charge is 0.223 e. The zero-order valence-electron chi connectivity index (χ0n) is 10.2. The molecule has 0 aliphatic carbocycles. The van der Waals surface area contributed by atoms with Crippen LogP contribution in [0.4, 0.5) is 5.69 Å². The number of carbonyl (C=O) groups excluding carboxylic acids is 1. The number of anilines is 1. The third kappa shape index (κ3) is 3.38. The van der Waals surface area contributed by atoms with Gasteiger partial charge >= 0.3 is 0 Å². The summed E-state index contributed by atoms with van der Waals surface area (Å²) in [7, 11) is 0. The molecule has 0 radical (unpaired) electrons. The first-order chi connectivity index (χ1) is 8.65. The number of hydrogen-bond acceptors (Lipinski definition) is 6. The van der Waals surface area contributed by atoms with Crippen molar-refractivity contribution in [3.05, 3.63) is 28.0 Å². The molecule has 0 spiro atoms. The van der Waals surface area contributed by atoms with Crippen molar-refractivity contribution in [2.45, 2.75) is 26.9 Å². The summed E-state index contributed by atoms with van der Waals surface area (Å²) in [6.45, 7) is 4.44. The van der Waals surface area contributed by atoms with E-state index in [0.29, 0.717) is 24.8 Å². The maximum Gasteiger partial charge on any atom is 0.223 e. The summed E-state index contributed by atoms with van der Waals surface area (Å²) in [4.78, 5) is 16.2. The van der Waals surface area contributed by atoms with Gasteiger partial charge in [0.15, 0.2) is 5.82 Å². The molecule has 0 aliphatic rings. The first-order valence-electron chi connectivity index (χ1n) is 5.49. The molecule has 0 unspecified atom stereocenters. The zero-order chi connectivity index (χ0) is 13.0. The molecule has 7 heteroatoms. The van der Waals surface area contributed by atoms with Crippen molar-refractivity contribution < 1.29 is 9.32 Å². The van der Waals surface area contributed by atoms with Gasteiger partial charge in [-0.3, -0.25) is 4.79 Å². The third-order valence-corrected chi connectivity index (χ3v) is 3.12. The van der Waals surface area contributed by atoms with E-state index in [0.717, 1.165) is 10.6 Å². The molecular weight excluding hydrogens is 252 g/mol. The molecule has 0 saturated carbocycles. The van der Waals surface area contributed by atoms with E-state index in [1.165, 1.54) is 6.92 Å². The predicted molar refractivity (Wildman–Crippen MR) is 68.2 cm³/mol. The maximum atomic E-state index is 11.0. The van der Waals surface area contributed by atoms with Crippen LogP contribution in [0.2, 0.25) is 0 Å². The Morgan fingerprint density at radius 1 is 1.50 bits per heavy atom. The average Bonchev–Trinajstić information content (AvgIpc) is 2.88. The first-order valence-corrected chi connectivity index (χ1v) is 6.37. The van der Waals surface area contributed by atoms with Crippen molar-refractivity contribution in [1.29, 1.82) is 0 Å². The van der Waals surface area contributed by atoms with Crippen molar-refractivity contribution in [1.82, 2.24) is 15.5 Å². The molecule has 0 fully saturated rings. The van der Waals surface area contributed by atoms with Crippen LogP contribution in [0.3, 0.4) is 0 Å². The molecule has 0 saturated heterocycles. The van der Waals surface area contributed by atoms with Crippen LogP contribution in [0.25, 0.3) is 0 Å². The lowest BCUT2D eigenvalue weighted by molar-refractivity contribution is -0.114. The molecule has 2 N–H and O–H groups in total. The molecule has 2 aromatic rings. The number of amides is 1. The Bertz CT molecular complexity index is 535. The SMILES string of the molecule is CC(=O)Nc1ccsc1CNCc1noc(C)n1. The maximum absolute atomic E-state index is 11.0. The quantitative estimate of drug-likeness (QED) is 0.860. The summed E-state index contributed by atoms with van der Waals surface area (Å²) in [5, 5.41) is 11.7. The second kappa shape index (κ2) is 5.74. The van der Waals surface area contributed by atoms with Gasteiger partial charge in [0.25, 0.3) is 0 Å². The van der Waals surface area contributed by atoms with Crippen LogP contribution in [0.5, 0.6) is 0 Å². The van der Waals surface area contributed by atoms with Crippen LogP contribution in [0.1, 0.15) is 23.5 Å². The number of thiophene rings is 1. The van der Waals surface area contributed by atoms with E-state index in [4.69, 9.17) is 4.52 Å². The van der Waals surface area contributed by atoms with Gasteiger partial charge in [-0.1, -0.05) is 5.16 Å². The number of nitrogens with zero attached hydrogens (tertiary/aromatic N) is 2. The van der Waals surface area contributed by atoms with Gasteiger partial charge in [-0.15, -0.1) is 11.3 Å². The number of nitrogens with one attached hydrogen (secondary N) is 2. The summed E-state index contributed by atoms with van der Waals surface area (Å²) in [6, 6.07) is 1.89. The number of rotatable bonds is 5. The topological polar surface area (TPSA) is 80.0 Å². The summed E-state index contributed by atoms with van der Waals surface area (Å²) < 4.78 is 4.87. The van der Waals surface area contributed by atoms with Crippen LogP contribution in [0, 0.1) is 6.92 Å². The molecule has 0 atom stereocenters. The fraction of sp³-hybridized carbons (Fsp3) is 0.364. The second-order valence-electron chi connectivity index (χ2n) is 3.77. The predicted octanol–water partition coefficient (Wildman–Crippen LogP) is 1.69. The Balaban J connectivity index is 1.86. The molecule has 2 rings (SSSR count). The van der Waals surface area contributed by atoms with E-state index in [2.05, 4.69) is 20.8 Å². The lowest BCUT2D eigenvalue weighted by Crippen LogP contribution is -2.15. The Morgan fingerprint density at radius 3 is 3.00 bits per heavy atom. The highest BCUT2D eigenvalue weighted by atomic mass is 32.1. The Morgan fingerprint density at radius 2 is 2.33 bits per heavy atom. The Kier molecular flexibility index (Phi) is 4.06. The van der Waals surface area contributed by atoms with E-state index in [9.17, 15) is 4.79 Å². The average molecular weight is 266 g/mol. The van der Waals surface area contributed by atoms with E-state index in [-0.39, 0.29) is 5.91 Å². The molecule has 6 nitrogen and oxygen atoms in total. The van der Waals surface area contributed by atoms with E-state index in [1.807, 2.05) is 11.4 Å². The minimum absolute atomic E-state index is 0.0663. The largest absolute Gasteiger partial charge is 0.340 e. The second-order valence-corrected chi connectivity index (χ2v) is 4.77. The summed E-state index contributed by atoms with van der Waals surface area (Å²) in [5.41, 5.74) is 0.851. The summed E-state index contributed by atoms with van der Waals surface area (Å²) >= 11 is 1.59. The molecule has 1 amide bonds. The molecule has 18 heavy (non-hydrogen) atoms. The molecule has 0 aromatic carbocycles. The van der Waals surface area contributed by atoms with Crippen molar-refractivity contribution in [3.63, 3.8) is 0 Å². The van der Waals surface area contributed by atoms with Crippen LogP contribution < -0.4 is 10.6 Å². The first kappa shape index (κ1) is 12.7. The van der Waals surface area contributed by atoms with Crippen molar-refractivity contribution in [3.8, 4) is 0 Å². The van der Waals surface area contributed by atoms with Gasteiger partial charge in [0.2, 0.25) is 11.8 Å². The minimum Gasteiger partial charge on any atom is -0.340 e. The fourth-order valence-electron chi connectivity index (χ4n) is 1.48. The fourth-order valence-corrected chi connectivity index (χ4v) is 2.28. The molecule has 0 aliphatic heterocycles. The highest BCUT2D eigenvalue weighted by molar-refractivity contribution is 7.10. The van der Waals surface area contributed by atoms with Gasteiger partial charge < -0.3 is 15.2 Å². The van der Waals surface area contributed by atoms with Crippen molar-refractivity contribution >= 4 is 22.9 Å². The van der Waals surface area contributed by atoms with Gasteiger partial charge in [-0.25, -0.2) is 0 Å². The molecular formula is C11H14N4O2S. The van der Waals surface area contributed by atoms with E-state index >= 15 is 0 Å². The Labute approximate surface area is 108 Å². The Hall–Kier alpha value is -1.73. The van der Waals surface area contributed by atoms with E-state index < -0.39 is 0 Å². The highest BCUT2D eigenvalue weighted by Gasteiger charge is 2.06. The lowest BCUT2D eigenvalue weighted by Gasteiger charge is -2.04. The normalized spacial score (nSPS) is 10.6. The van der Waals surface area contributed by atoms with Crippen LogP contribution in [-0.4, -0.2) is 16.0 Å². The summed E-state index contributed by atoms with van der Waals surface area (Å²) in [5.74, 6) is 1.12. The van der Waals surface area contributed by atoms with E-state index in [1.54, 1.807) is 18.3 Å². The molecule has 2 aromatic heterocycles. The van der Waals surface area contributed by atoms with Crippen molar-refractivity contribution in [2.75, 3.05) is 5.32 Å². The van der Waals surface area contributed by atoms with Gasteiger partial charge in [0, 0.05) is 25.3 Å². The van der Waals surface area contributed by atoms with Crippen LogP contribution >= 0.6 is 11.3 Å². The zero-order valence-corrected chi connectivity index (χ0v) is 11.0. The summed E-state index contributed by atoms with van der Waals surface area (Å²) in [6.07, 6.45) is 0. The highest BCUT2D eigenvalue weighted by Crippen LogP contribution is 2.21. The number of hydrogen-bond donors (Lipinski definition) is 2. The standard InChI is InChI=1S/C11H14N4O2S/c1-7(16)13-9-3-4-18-10(9)5-12-6-11-14-8(2)17-15-11/h3-4,12H,5-6H2,1-2H3,(H,13,16). The minimum atomic E-state index is -0.0663. The van der Waals surface area contributed by atoms with Gasteiger partial charge in [-0.05, 0) is 11.4 Å². The monoisotopic (exact) mass is 266 g/mol. The number of carbonyl (C=O) groups is 1. The van der Waals surface area contributed by atoms with Gasteiger partial charge in [-0.2, -0.15) is 4.98 Å². The molecule has 96 valence electrons. The van der Waals surface area contributed by atoms with Gasteiger partial charge in [0.05, 0.1) is 12.2 Å². The molecule has 2 heterocycles. The van der Waals surface area contributed by atoms with Crippen LogP contribution in [0.15, 0.2) is 16.0 Å². The van der Waals surface area contributed by atoms with Crippen molar-refractivity contribution in [2.24, 2.45) is 0 Å². The third-order valence-electron chi connectivity index (χ3n) is 2.19. The lowest BCUT2D eigenvalue weighted by atomic mass is 10.3. The number of aryl methyl sites for hydroxylation is 1. The molecule has 0 bridgehead atoms. The van der Waals surface area contributed by atoms with Crippen LogP contribution in [-0.2, 0) is 17.9 Å². The van der Waals surface area contributed by atoms with Gasteiger partial charge in [0.1, 0.15) is 0 Å². The number of aromatic nitrogens is 2.